The molecule has 0 aliphatic carbocycles. The monoisotopic (exact) mass is 253 g/mol. The summed E-state index contributed by atoms with van der Waals surface area (Å²) in [4.78, 5) is 2.45. The number of anilines is 1. The molecular weight excluding hydrogens is 230 g/mol. The van der Waals surface area contributed by atoms with Crippen molar-refractivity contribution in [2.75, 3.05) is 18.0 Å². The molecule has 1 aromatic rings. The normalized spacial score (nSPS) is 10.9. The maximum atomic E-state index is 5.81. The Morgan fingerprint density at radius 2 is 1.65 bits per heavy atom. The van der Waals surface area contributed by atoms with Gasteiger partial charge in [0, 0.05) is 24.7 Å². The predicted molar refractivity (Wildman–Crippen MR) is 78.0 cm³/mol. The third kappa shape index (κ3) is 4.23. The van der Waals surface area contributed by atoms with Crippen LogP contribution in [-0.4, -0.2) is 13.1 Å². The predicted octanol–water partition coefficient (Wildman–Crippen LogP) is 4.69. The third-order valence-corrected chi connectivity index (χ3v) is 3.78. The maximum absolute atomic E-state index is 5.81. The summed E-state index contributed by atoms with van der Waals surface area (Å²) in [7, 11) is 0. The van der Waals surface area contributed by atoms with E-state index in [0.29, 0.717) is 5.88 Å². The molecule has 2 heteroatoms. The zero-order valence-corrected chi connectivity index (χ0v) is 12.0. The molecule has 0 spiro atoms. The minimum absolute atomic E-state index is 0.596. The summed E-state index contributed by atoms with van der Waals surface area (Å²) in [6.07, 6.45) is 2.51. The van der Waals surface area contributed by atoms with Crippen molar-refractivity contribution in [3.63, 3.8) is 0 Å². The second kappa shape index (κ2) is 7.60. The van der Waals surface area contributed by atoms with E-state index in [-0.39, 0.29) is 0 Å². The second-order valence-electron chi connectivity index (χ2n) is 4.52. The molecule has 96 valence electrons. The molecule has 0 fully saturated rings. The van der Waals surface area contributed by atoms with Crippen molar-refractivity contribution in [2.45, 2.75) is 39.5 Å². The van der Waals surface area contributed by atoms with Gasteiger partial charge in [-0.2, -0.15) is 0 Å². The van der Waals surface area contributed by atoms with Crippen LogP contribution in [0, 0.1) is 5.92 Å². The fourth-order valence-electron chi connectivity index (χ4n) is 2.07. The van der Waals surface area contributed by atoms with Crippen LogP contribution in [0.15, 0.2) is 24.3 Å². The van der Waals surface area contributed by atoms with Gasteiger partial charge in [0.1, 0.15) is 0 Å². The van der Waals surface area contributed by atoms with Gasteiger partial charge in [-0.1, -0.05) is 38.8 Å². The first-order valence-corrected chi connectivity index (χ1v) is 7.18. The quantitative estimate of drug-likeness (QED) is 0.638. The lowest BCUT2D eigenvalue weighted by atomic mass is 10.0. The van der Waals surface area contributed by atoms with Gasteiger partial charge in [0.15, 0.2) is 0 Å². The Morgan fingerprint density at radius 3 is 2.06 bits per heavy atom. The Labute approximate surface area is 111 Å². The number of hydrogen-bond donors (Lipinski definition) is 0. The Kier molecular flexibility index (Phi) is 6.43. The molecule has 0 heterocycles. The zero-order chi connectivity index (χ0) is 12.7. The highest BCUT2D eigenvalue weighted by atomic mass is 35.5. The number of nitrogens with zero attached hydrogens (tertiary/aromatic N) is 1. The molecule has 17 heavy (non-hydrogen) atoms. The molecule has 0 aliphatic heterocycles. The van der Waals surface area contributed by atoms with Gasteiger partial charge in [-0.3, -0.25) is 0 Å². The summed E-state index contributed by atoms with van der Waals surface area (Å²) in [6, 6.07) is 8.61. The summed E-state index contributed by atoms with van der Waals surface area (Å²) in [5, 5.41) is 0. The molecular formula is C15H24ClN. The average Bonchev–Trinajstić information content (AvgIpc) is 2.40. The number of benzene rings is 1. The van der Waals surface area contributed by atoms with Crippen LogP contribution in [0.3, 0.4) is 0 Å². The highest BCUT2D eigenvalue weighted by Crippen LogP contribution is 2.19. The average molecular weight is 254 g/mol. The van der Waals surface area contributed by atoms with Crippen LogP contribution in [0.4, 0.5) is 5.69 Å². The molecule has 0 aromatic heterocycles. The van der Waals surface area contributed by atoms with Gasteiger partial charge in [0.25, 0.3) is 0 Å². The first-order chi connectivity index (χ1) is 8.24. The van der Waals surface area contributed by atoms with Gasteiger partial charge in [0.2, 0.25) is 0 Å². The summed E-state index contributed by atoms with van der Waals surface area (Å²) in [5.41, 5.74) is 2.50. The molecule has 0 saturated carbocycles. The summed E-state index contributed by atoms with van der Waals surface area (Å²) >= 11 is 5.81. The van der Waals surface area contributed by atoms with Crippen LogP contribution < -0.4 is 4.90 Å². The summed E-state index contributed by atoms with van der Waals surface area (Å²) in [6.45, 7) is 9.00. The molecule has 0 N–H and O–H groups in total. The van der Waals surface area contributed by atoms with E-state index in [4.69, 9.17) is 11.6 Å². The van der Waals surface area contributed by atoms with Crippen molar-refractivity contribution in [1.82, 2.24) is 0 Å². The van der Waals surface area contributed by atoms with Crippen molar-refractivity contribution in [3.05, 3.63) is 29.8 Å². The van der Waals surface area contributed by atoms with Crippen LogP contribution >= 0.6 is 11.6 Å². The second-order valence-corrected chi connectivity index (χ2v) is 4.79. The van der Waals surface area contributed by atoms with Crippen LogP contribution in [0.1, 0.15) is 39.2 Å². The van der Waals surface area contributed by atoms with Gasteiger partial charge in [0.05, 0.1) is 0 Å². The number of halogens is 1. The van der Waals surface area contributed by atoms with Crippen molar-refractivity contribution < 1.29 is 0 Å². The van der Waals surface area contributed by atoms with E-state index in [9.17, 15) is 0 Å². The van der Waals surface area contributed by atoms with Gasteiger partial charge in [-0.05, 0) is 30.5 Å². The summed E-state index contributed by atoms with van der Waals surface area (Å²) < 4.78 is 0. The van der Waals surface area contributed by atoms with Gasteiger partial charge >= 0.3 is 0 Å². The first-order valence-electron chi connectivity index (χ1n) is 6.64. The fraction of sp³-hybridized carbons (Fsp3) is 0.600. The molecule has 0 unspecified atom stereocenters. The lowest BCUT2D eigenvalue weighted by Crippen LogP contribution is -2.28. The van der Waals surface area contributed by atoms with E-state index >= 15 is 0 Å². The Hall–Kier alpha value is -0.690. The molecule has 1 aromatic carbocycles. The van der Waals surface area contributed by atoms with Gasteiger partial charge in [-0.15, -0.1) is 11.6 Å². The van der Waals surface area contributed by atoms with Crippen LogP contribution in [0.2, 0.25) is 0 Å². The number of hydrogen-bond acceptors (Lipinski definition) is 1. The lowest BCUT2D eigenvalue weighted by molar-refractivity contribution is 0.486. The van der Waals surface area contributed by atoms with Crippen LogP contribution in [0.25, 0.3) is 0 Å². The largest absolute Gasteiger partial charge is 0.372 e. The Balaban J connectivity index is 2.71. The minimum atomic E-state index is 0.596. The molecule has 0 radical (unpaired) electrons. The maximum Gasteiger partial charge on any atom is 0.0474 e. The zero-order valence-electron chi connectivity index (χ0n) is 11.2. The van der Waals surface area contributed by atoms with E-state index in [1.54, 1.807) is 0 Å². The first kappa shape index (κ1) is 14.4. The molecule has 1 rings (SSSR count). The smallest absolute Gasteiger partial charge is 0.0474 e. The van der Waals surface area contributed by atoms with E-state index in [1.807, 2.05) is 0 Å². The number of alkyl halides is 1. The number of rotatable bonds is 7. The van der Waals surface area contributed by atoms with Crippen molar-refractivity contribution in [2.24, 2.45) is 5.92 Å². The van der Waals surface area contributed by atoms with Crippen LogP contribution in [-0.2, 0) is 5.88 Å². The standard InChI is InChI=1S/C15H24ClN/c1-4-13(5-2)12-17(6-3)15-9-7-14(11-16)8-10-15/h7-10,13H,4-6,11-12H2,1-3H3. The third-order valence-electron chi connectivity index (χ3n) is 3.47. The van der Waals surface area contributed by atoms with Gasteiger partial charge in [-0.25, -0.2) is 0 Å². The van der Waals surface area contributed by atoms with Crippen molar-refractivity contribution in [1.29, 1.82) is 0 Å². The van der Waals surface area contributed by atoms with E-state index in [2.05, 4.69) is 49.9 Å². The van der Waals surface area contributed by atoms with E-state index in [0.717, 1.165) is 19.0 Å². The Bertz CT molecular complexity index is 303. The van der Waals surface area contributed by atoms with E-state index in [1.165, 1.54) is 24.1 Å². The highest BCUT2D eigenvalue weighted by molar-refractivity contribution is 6.17. The highest BCUT2D eigenvalue weighted by Gasteiger charge is 2.10. The molecule has 0 aliphatic rings. The molecule has 0 amide bonds. The molecule has 0 saturated heterocycles. The van der Waals surface area contributed by atoms with Gasteiger partial charge < -0.3 is 4.90 Å². The Morgan fingerprint density at radius 1 is 1.06 bits per heavy atom. The van der Waals surface area contributed by atoms with E-state index < -0.39 is 0 Å². The molecule has 1 nitrogen and oxygen atoms in total. The fourth-order valence-corrected chi connectivity index (χ4v) is 2.25. The summed E-state index contributed by atoms with van der Waals surface area (Å²) in [5.74, 6) is 1.39. The van der Waals surface area contributed by atoms with Crippen LogP contribution in [0.5, 0.6) is 0 Å². The minimum Gasteiger partial charge on any atom is -0.372 e. The topological polar surface area (TPSA) is 3.24 Å². The molecule has 0 bridgehead atoms. The van der Waals surface area contributed by atoms with Crippen molar-refractivity contribution >= 4 is 17.3 Å². The lowest BCUT2D eigenvalue weighted by Gasteiger charge is -2.27. The SMILES string of the molecule is CCC(CC)CN(CC)c1ccc(CCl)cc1. The van der Waals surface area contributed by atoms with Crippen molar-refractivity contribution in [3.8, 4) is 0 Å². The molecule has 0 atom stereocenters.